The number of carbonyl (C=O) groups is 1. The molecule has 0 unspecified atom stereocenters. The third-order valence-corrected chi connectivity index (χ3v) is 3.70. The van der Waals surface area contributed by atoms with E-state index in [4.69, 9.17) is 0 Å². The van der Waals surface area contributed by atoms with Gasteiger partial charge in [0.2, 0.25) is 0 Å². The van der Waals surface area contributed by atoms with E-state index in [-0.39, 0.29) is 0 Å². The van der Waals surface area contributed by atoms with E-state index in [0.29, 0.717) is 12.2 Å². The molecule has 0 spiro atoms. The van der Waals surface area contributed by atoms with Crippen molar-refractivity contribution in [2.45, 2.75) is 19.8 Å². The summed E-state index contributed by atoms with van der Waals surface area (Å²) in [5.74, 6) is 1.22. The monoisotopic (exact) mass is 214 g/mol. The van der Waals surface area contributed by atoms with Gasteiger partial charge in [0.25, 0.3) is 0 Å². The van der Waals surface area contributed by atoms with Crippen molar-refractivity contribution in [3.63, 3.8) is 0 Å². The number of Topliss-reactive ketones (excluding diaryl/α,β-unsaturated/α-hetero) is 1. The number of rotatable bonds is 5. The van der Waals surface area contributed by atoms with Gasteiger partial charge in [-0.2, -0.15) is 11.8 Å². The fourth-order valence-electron chi connectivity index (χ4n) is 1.04. The standard InChI is InChI=1S/C10H14OS2/c1-3-8-4-5-10(13-8)9(11)6-7-12-2/h4-5H,3,6-7H2,1-2H3. The quantitative estimate of drug-likeness (QED) is 0.700. The number of aryl methyl sites for hydroxylation is 1. The van der Waals surface area contributed by atoms with E-state index in [1.165, 1.54) is 4.88 Å². The molecule has 0 aromatic carbocycles. The van der Waals surface area contributed by atoms with Crippen molar-refractivity contribution in [2.75, 3.05) is 12.0 Å². The summed E-state index contributed by atoms with van der Waals surface area (Å²) >= 11 is 3.35. The number of thiophene rings is 1. The molecule has 1 nitrogen and oxygen atoms in total. The van der Waals surface area contributed by atoms with Crippen molar-refractivity contribution in [3.05, 3.63) is 21.9 Å². The van der Waals surface area contributed by atoms with Crippen LogP contribution in [0.4, 0.5) is 0 Å². The van der Waals surface area contributed by atoms with E-state index >= 15 is 0 Å². The van der Waals surface area contributed by atoms with E-state index in [2.05, 4.69) is 13.0 Å². The van der Waals surface area contributed by atoms with E-state index < -0.39 is 0 Å². The van der Waals surface area contributed by atoms with Gasteiger partial charge in [-0.1, -0.05) is 6.92 Å². The summed E-state index contributed by atoms with van der Waals surface area (Å²) in [5, 5.41) is 0. The lowest BCUT2D eigenvalue weighted by molar-refractivity contribution is 0.0993. The van der Waals surface area contributed by atoms with Crippen molar-refractivity contribution in [2.24, 2.45) is 0 Å². The first kappa shape index (κ1) is 10.8. The highest BCUT2D eigenvalue weighted by Gasteiger charge is 2.07. The number of ketones is 1. The lowest BCUT2D eigenvalue weighted by Gasteiger charge is -1.94. The molecule has 0 N–H and O–H groups in total. The molecular formula is C10H14OS2. The maximum Gasteiger partial charge on any atom is 0.173 e. The zero-order valence-electron chi connectivity index (χ0n) is 8.00. The summed E-state index contributed by atoms with van der Waals surface area (Å²) in [6, 6.07) is 4.00. The van der Waals surface area contributed by atoms with Crippen LogP contribution in [0, 0.1) is 0 Å². The van der Waals surface area contributed by atoms with Crippen LogP contribution in [0.2, 0.25) is 0 Å². The fourth-order valence-corrected chi connectivity index (χ4v) is 2.34. The molecule has 0 fully saturated rings. The Morgan fingerprint density at radius 2 is 2.31 bits per heavy atom. The first-order valence-corrected chi connectivity index (χ1v) is 6.59. The van der Waals surface area contributed by atoms with Crippen LogP contribution >= 0.6 is 23.1 Å². The molecule has 0 atom stereocenters. The number of carbonyl (C=O) groups excluding carboxylic acids is 1. The summed E-state index contributed by atoms with van der Waals surface area (Å²) in [6.45, 7) is 2.11. The second kappa shape index (κ2) is 5.45. The summed E-state index contributed by atoms with van der Waals surface area (Å²) < 4.78 is 0. The topological polar surface area (TPSA) is 17.1 Å². The molecule has 3 heteroatoms. The van der Waals surface area contributed by atoms with Crippen LogP contribution in [0.25, 0.3) is 0 Å². The van der Waals surface area contributed by atoms with Crippen LogP contribution < -0.4 is 0 Å². The van der Waals surface area contributed by atoms with Crippen molar-refractivity contribution >= 4 is 28.9 Å². The first-order chi connectivity index (χ1) is 6.27. The van der Waals surface area contributed by atoms with E-state index in [9.17, 15) is 4.79 Å². The number of thioether (sulfide) groups is 1. The number of hydrogen-bond donors (Lipinski definition) is 0. The third kappa shape index (κ3) is 3.16. The van der Waals surface area contributed by atoms with E-state index in [1.807, 2.05) is 12.3 Å². The highest BCUT2D eigenvalue weighted by Crippen LogP contribution is 2.18. The average Bonchev–Trinajstić information content (AvgIpc) is 2.62. The van der Waals surface area contributed by atoms with Crippen LogP contribution in [-0.2, 0) is 6.42 Å². The maximum absolute atomic E-state index is 11.5. The lowest BCUT2D eigenvalue weighted by Crippen LogP contribution is -1.96. The Bertz CT molecular complexity index is 278. The fraction of sp³-hybridized carbons (Fsp3) is 0.500. The normalized spacial score (nSPS) is 10.3. The smallest absolute Gasteiger partial charge is 0.173 e. The van der Waals surface area contributed by atoms with Crippen molar-refractivity contribution in [1.29, 1.82) is 0 Å². The molecule has 0 bridgehead atoms. The predicted molar refractivity (Wildman–Crippen MR) is 61.0 cm³/mol. The number of hydrogen-bond acceptors (Lipinski definition) is 3. The zero-order chi connectivity index (χ0) is 9.68. The molecule has 13 heavy (non-hydrogen) atoms. The van der Waals surface area contributed by atoms with Gasteiger partial charge in [0.05, 0.1) is 4.88 Å². The molecule has 1 heterocycles. The molecule has 0 saturated heterocycles. The minimum atomic E-state index is 0.291. The minimum Gasteiger partial charge on any atom is -0.293 e. The minimum absolute atomic E-state index is 0.291. The lowest BCUT2D eigenvalue weighted by atomic mass is 10.2. The highest BCUT2D eigenvalue weighted by molar-refractivity contribution is 7.98. The largest absolute Gasteiger partial charge is 0.293 e. The Morgan fingerprint density at radius 3 is 2.85 bits per heavy atom. The van der Waals surface area contributed by atoms with Gasteiger partial charge in [-0.05, 0) is 24.8 Å². The Labute approximate surface area is 87.5 Å². The van der Waals surface area contributed by atoms with Crippen LogP contribution in [0.5, 0.6) is 0 Å². The van der Waals surface area contributed by atoms with Crippen molar-refractivity contribution in [1.82, 2.24) is 0 Å². The second-order valence-corrected chi connectivity index (χ2v) is 4.94. The average molecular weight is 214 g/mol. The van der Waals surface area contributed by atoms with Crippen LogP contribution in [-0.4, -0.2) is 17.8 Å². The molecule has 72 valence electrons. The molecule has 1 rings (SSSR count). The van der Waals surface area contributed by atoms with Crippen LogP contribution in [0.15, 0.2) is 12.1 Å². The zero-order valence-corrected chi connectivity index (χ0v) is 9.63. The second-order valence-electron chi connectivity index (χ2n) is 2.79. The van der Waals surface area contributed by atoms with Gasteiger partial charge in [-0.25, -0.2) is 0 Å². The Morgan fingerprint density at radius 1 is 1.54 bits per heavy atom. The van der Waals surface area contributed by atoms with Gasteiger partial charge in [-0.15, -0.1) is 11.3 Å². The molecule has 0 aliphatic heterocycles. The van der Waals surface area contributed by atoms with Crippen LogP contribution in [0.1, 0.15) is 27.9 Å². The van der Waals surface area contributed by atoms with Gasteiger partial charge in [-0.3, -0.25) is 4.79 Å². The maximum atomic E-state index is 11.5. The summed E-state index contributed by atoms with van der Waals surface area (Å²) in [5.41, 5.74) is 0. The SMILES string of the molecule is CCc1ccc(C(=O)CCSC)s1. The Balaban J connectivity index is 2.55. The summed E-state index contributed by atoms with van der Waals surface area (Å²) in [7, 11) is 0. The van der Waals surface area contributed by atoms with Crippen molar-refractivity contribution < 1.29 is 4.79 Å². The first-order valence-electron chi connectivity index (χ1n) is 4.38. The van der Waals surface area contributed by atoms with E-state index in [0.717, 1.165) is 17.1 Å². The Kier molecular flexibility index (Phi) is 4.53. The molecule has 0 aliphatic rings. The van der Waals surface area contributed by atoms with E-state index in [1.54, 1.807) is 23.1 Å². The molecule has 0 radical (unpaired) electrons. The Hall–Kier alpha value is -0.280. The summed E-state index contributed by atoms with van der Waals surface area (Å²) in [6.07, 6.45) is 3.73. The molecule has 1 aromatic rings. The molecular weight excluding hydrogens is 200 g/mol. The molecule has 0 aliphatic carbocycles. The van der Waals surface area contributed by atoms with Gasteiger partial charge >= 0.3 is 0 Å². The van der Waals surface area contributed by atoms with Gasteiger partial charge in [0.1, 0.15) is 0 Å². The summed E-state index contributed by atoms with van der Waals surface area (Å²) in [4.78, 5) is 13.8. The van der Waals surface area contributed by atoms with Gasteiger partial charge in [0.15, 0.2) is 5.78 Å². The predicted octanol–water partition coefficient (Wildman–Crippen LogP) is 3.25. The molecule has 0 saturated carbocycles. The van der Waals surface area contributed by atoms with Gasteiger partial charge in [0, 0.05) is 17.1 Å². The van der Waals surface area contributed by atoms with Gasteiger partial charge < -0.3 is 0 Å². The van der Waals surface area contributed by atoms with Crippen molar-refractivity contribution in [3.8, 4) is 0 Å². The highest BCUT2D eigenvalue weighted by atomic mass is 32.2. The third-order valence-electron chi connectivity index (χ3n) is 1.82. The molecule has 1 aromatic heterocycles. The van der Waals surface area contributed by atoms with Crippen LogP contribution in [0.3, 0.4) is 0 Å². The molecule has 0 amide bonds.